The molecule has 31 heavy (non-hydrogen) atoms. The van der Waals surface area contributed by atoms with Crippen LogP contribution in [-0.2, 0) is 6.61 Å². The van der Waals surface area contributed by atoms with Gasteiger partial charge in [-0.25, -0.2) is 0 Å². The van der Waals surface area contributed by atoms with Crippen molar-refractivity contribution in [1.82, 2.24) is 14.5 Å². The summed E-state index contributed by atoms with van der Waals surface area (Å²) >= 11 is 0. The number of ether oxygens (including phenoxy) is 1. The molecular weight excluding hydrogens is 392 g/mol. The van der Waals surface area contributed by atoms with Gasteiger partial charge >= 0.3 is 0 Å². The zero-order chi connectivity index (χ0) is 21.4. The molecule has 1 aromatic carbocycles. The van der Waals surface area contributed by atoms with Crippen LogP contribution in [0.2, 0.25) is 0 Å². The quantitative estimate of drug-likeness (QED) is 0.687. The third kappa shape index (κ3) is 4.01. The van der Waals surface area contributed by atoms with Gasteiger partial charge in [-0.2, -0.15) is 0 Å². The minimum absolute atomic E-state index is 0.272. The van der Waals surface area contributed by atoms with Crippen LogP contribution in [-0.4, -0.2) is 47.7 Å². The maximum Gasteiger partial charge on any atom is 0.273 e. The summed E-state index contributed by atoms with van der Waals surface area (Å²) in [6.07, 6.45) is 1.59. The second-order valence-electron chi connectivity index (χ2n) is 8.55. The number of likely N-dealkylation sites (tertiary alicyclic amines) is 1. The predicted octanol–water partition coefficient (Wildman–Crippen LogP) is 2.10. The first-order valence-corrected chi connectivity index (χ1v) is 10.6. The highest BCUT2D eigenvalue weighted by molar-refractivity contribution is 5.45. The van der Waals surface area contributed by atoms with Gasteiger partial charge in [0.15, 0.2) is 0 Å². The molecule has 0 amide bonds. The highest BCUT2D eigenvalue weighted by atomic mass is 16.5. The maximum absolute atomic E-state index is 12.8. The number of benzene rings is 1. The minimum atomic E-state index is -0.303. The second kappa shape index (κ2) is 8.07. The molecule has 2 fully saturated rings. The van der Waals surface area contributed by atoms with Crippen LogP contribution in [0.1, 0.15) is 5.56 Å². The van der Waals surface area contributed by atoms with Gasteiger partial charge in [-0.05, 0) is 42.6 Å². The molecule has 2 atom stereocenters. The number of nitrogens with one attached hydrogen (secondary N) is 1. The molecule has 0 aliphatic carbocycles. The summed E-state index contributed by atoms with van der Waals surface area (Å²) in [5, 5.41) is 0. The number of aromatic nitrogens is 2. The standard InChI is InChI=1S/C24H26N4O3/c1-26-12-18-14-27(15-19(18)13-26)22-8-7-21(24(30)25-22)28-10-9-20(11-23(28)29)31-16-17-5-3-2-4-6-17/h2-11,18-19H,12-16H2,1H3,(H,25,30)/t18-,19+. The molecule has 2 aliphatic rings. The van der Waals surface area contributed by atoms with E-state index in [0.717, 1.165) is 37.6 Å². The lowest BCUT2D eigenvalue weighted by Gasteiger charge is -2.21. The molecule has 2 aliphatic heterocycles. The number of rotatable bonds is 5. The van der Waals surface area contributed by atoms with Crippen LogP contribution >= 0.6 is 0 Å². The highest BCUT2D eigenvalue weighted by Gasteiger charge is 2.38. The van der Waals surface area contributed by atoms with Crippen LogP contribution < -0.4 is 20.8 Å². The number of anilines is 1. The molecule has 4 heterocycles. The normalized spacial score (nSPS) is 20.7. The number of H-pyrrole nitrogens is 1. The molecule has 0 saturated carbocycles. The van der Waals surface area contributed by atoms with E-state index in [-0.39, 0.29) is 11.1 Å². The Kier molecular flexibility index (Phi) is 5.11. The molecule has 0 radical (unpaired) electrons. The van der Waals surface area contributed by atoms with Crippen LogP contribution in [0.3, 0.4) is 0 Å². The molecule has 3 aromatic rings. The average Bonchev–Trinajstić information content (AvgIpc) is 3.31. The first kappa shape index (κ1) is 19.6. The molecule has 5 rings (SSSR count). The number of aromatic amines is 1. The lowest BCUT2D eigenvalue weighted by molar-refractivity contribution is 0.305. The van der Waals surface area contributed by atoms with Crippen molar-refractivity contribution >= 4 is 5.82 Å². The SMILES string of the molecule is CN1C[C@@H]2CN(c3ccc(-n4ccc(OCc5ccccc5)cc4=O)c(=O)[nH]3)C[C@@H]2C1. The molecule has 0 bridgehead atoms. The van der Waals surface area contributed by atoms with Crippen molar-refractivity contribution in [2.75, 3.05) is 38.1 Å². The Morgan fingerprint density at radius 3 is 2.39 bits per heavy atom. The molecule has 2 saturated heterocycles. The number of hydrogen-bond acceptors (Lipinski definition) is 5. The third-order valence-corrected chi connectivity index (χ3v) is 6.28. The van der Waals surface area contributed by atoms with E-state index in [1.54, 1.807) is 18.3 Å². The first-order valence-electron chi connectivity index (χ1n) is 10.6. The number of fused-ring (bicyclic) bond motifs is 1. The first-order chi connectivity index (χ1) is 15.1. The van der Waals surface area contributed by atoms with Crippen LogP contribution in [0.4, 0.5) is 5.82 Å². The van der Waals surface area contributed by atoms with Crippen LogP contribution in [0.15, 0.2) is 70.4 Å². The van der Waals surface area contributed by atoms with Crippen molar-refractivity contribution in [2.45, 2.75) is 6.61 Å². The van der Waals surface area contributed by atoms with E-state index in [2.05, 4.69) is 21.8 Å². The van der Waals surface area contributed by atoms with E-state index in [0.29, 0.717) is 29.9 Å². The van der Waals surface area contributed by atoms with Crippen molar-refractivity contribution in [3.63, 3.8) is 0 Å². The molecule has 0 unspecified atom stereocenters. The van der Waals surface area contributed by atoms with Gasteiger partial charge in [0.25, 0.3) is 11.1 Å². The molecule has 160 valence electrons. The summed E-state index contributed by atoms with van der Waals surface area (Å²) in [4.78, 5) is 33.0. The van der Waals surface area contributed by atoms with Gasteiger partial charge in [-0.15, -0.1) is 0 Å². The fraction of sp³-hybridized carbons (Fsp3) is 0.333. The Morgan fingerprint density at radius 2 is 1.71 bits per heavy atom. The Bertz CT molecular complexity index is 1170. The summed E-state index contributed by atoms with van der Waals surface area (Å²) in [5.74, 6) is 2.60. The van der Waals surface area contributed by atoms with Crippen molar-refractivity contribution in [3.05, 3.63) is 87.1 Å². The molecule has 1 N–H and O–H groups in total. The fourth-order valence-electron chi connectivity index (χ4n) is 4.74. The van der Waals surface area contributed by atoms with E-state index < -0.39 is 0 Å². The topological polar surface area (TPSA) is 70.6 Å². The maximum atomic E-state index is 12.8. The Hall–Kier alpha value is -3.32. The molecular formula is C24H26N4O3. The summed E-state index contributed by atoms with van der Waals surface area (Å²) in [6.45, 7) is 4.51. The summed E-state index contributed by atoms with van der Waals surface area (Å²) in [6, 6.07) is 16.5. The van der Waals surface area contributed by atoms with Crippen LogP contribution in [0.25, 0.3) is 5.69 Å². The van der Waals surface area contributed by atoms with E-state index in [4.69, 9.17) is 4.74 Å². The number of pyridine rings is 2. The fourth-order valence-corrected chi connectivity index (χ4v) is 4.74. The van der Waals surface area contributed by atoms with Gasteiger partial charge in [0.2, 0.25) is 0 Å². The van der Waals surface area contributed by atoms with Gasteiger partial charge in [0.1, 0.15) is 23.9 Å². The number of nitrogens with zero attached hydrogens (tertiary/aromatic N) is 3. The van der Waals surface area contributed by atoms with Gasteiger partial charge in [-0.1, -0.05) is 30.3 Å². The van der Waals surface area contributed by atoms with Crippen molar-refractivity contribution in [2.24, 2.45) is 11.8 Å². The zero-order valence-corrected chi connectivity index (χ0v) is 17.5. The highest BCUT2D eigenvalue weighted by Crippen LogP contribution is 2.32. The average molecular weight is 418 g/mol. The predicted molar refractivity (Wildman–Crippen MR) is 120 cm³/mol. The number of hydrogen-bond donors (Lipinski definition) is 1. The smallest absolute Gasteiger partial charge is 0.273 e. The lowest BCUT2D eigenvalue weighted by atomic mass is 10.0. The van der Waals surface area contributed by atoms with Crippen molar-refractivity contribution < 1.29 is 4.74 Å². The summed E-state index contributed by atoms with van der Waals surface area (Å²) in [7, 11) is 2.16. The third-order valence-electron chi connectivity index (χ3n) is 6.28. The van der Waals surface area contributed by atoms with Crippen LogP contribution in [0.5, 0.6) is 5.75 Å². The van der Waals surface area contributed by atoms with Gasteiger partial charge in [0.05, 0.1) is 0 Å². The Balaban J connectivity index is 1.31. The molecule has 2 aromatic heterocycles. The molecule has 7 heteroatoms. The van der Waals surface area contributed by atoms with Gasteiger partial charge in [-0.3, -0.25) is 14.2 Å². The van der Waals surface area contributed by atoms with Crippen molar-refractivity contribution in [3.8, 4) is 11.4 Å². The molecule has 0 spiro atoms. The van der Waals surface area contributed by atoms with Crippen molar-refractivity contribution in [1.29, 1.82) is 0 Å². The van der Waals surface area contributed by atoms with E-state index in [1.165, 1.54) is 10.6 Å². The monoisotopic (exact) mass is 418 g/mol. The summed E-state index contributed by atoms with van der Waals surface area (Å²) < 4.78 is 7.07. The largest absolute Gasteiger partial charge is 0.489 e. The van der Waals surface area contributed by atoms with E-state index in [9.17, 15) is 9.59 Å². The van der Waals surface area contributed by atoms with Gasteiger partial charge in [0, 0.05) is 38.4 Å². The Morgan fingerprint density at radius 1 is 0.968 bits per heavy atom. The van der Waals surface area contributed by atoms with Gasteiger partial charge < -0.3 is 19.5 Å². The van der Waals surface area contributed by atoms with E-state index in [1.807, 2.05) is 36.4 Å². The second-order valence-corrected chi connectivity index (χ2v) is 8.55. The van der Waals surface area contributed by atoms with E-state index >= 15 is 0 Å². The minimum Gasteiger partial charge on any atom is -0.489 e. The Labute approximate surface area is 180 Å². The van der Waals surface area contributed by atoms with Crippen LogP contribution in [0, 0.1) is 11.8 Å². The lowest BCUT2D eigenvalue weighted by Crippen LogP contribution is -2.30. The molecule has 7 nitrogen and oxygen atoms in total. The summed E-state index contributed by atoms with van der Waals surface area (Å²) in [5.41, 5.74) is 0.758. The zero-order valence-electron chi connectivity index (χ0n) is 17.5.